The number of methoxy groups -OCH3 is 1. The second kappa shape index (κ2) is 7.97. The number of imide groups is 1. The Hall–Kier alpha value is -2.93. The fourth-order valence-corrected chi connectivity index (χ4v) is 3.28. The normalized spacial score (nSPS) is 15.6. The fraction of sp³-hybridized carbons (Fsp3) is 0.158. The minimum absolute atomic E-state index is 0.0308. The first-order chi connectivity index (χ1) is 12.6. The minimum atomic E-state index is -0.369. The zero-order valence-electron chi connectivity index (χ0n) is 14.0. The number of amides is 2. The van der Waals surface area contributed by atoms with Gasteiger partial charge in [0.25, 0.3) is 11.1 Å². The van der Waals surface area contributed by atoms with E-state index in [-0.39, 0.29) is 30.0 Å². The molecule has 3 rings (SSSR count). The number of thioether (sulfide) groups is 1. The lowest BCUT2D eigenvalue weighted by Gasteiger charge is -2.13. The van der Waals surface area contributed by atoms with E-state index in [1.807, 2.05) is 30.3 Å². The zero-order chi connectivity index (χ0) is 18.5. The number of carbonyl (C=O) groups excluding carboxylic acids is 2. The molecule has 2 aromatic carbocycles. The predicted octanol–water partition coefficient (Wildman–Crippen LogP) is 3.52. The van der Waals surface area contributed by atoms with E-state index in [4.69, 9.17) is 9.47 Å². The number of aromatic hydroxyl groups is 1. The average molecular weight is 371 g/mol. The van der Waals surface area contributed by atoms with Crippen molar-refractivity contribution in [2.75, 3.05) is 20.3 Å². The molecule has 1 fully saturated rings. The molecule has 0 aromatic heterocycles. The summed E-state index contributed by atoms with van der Waals surface area (Å²) in [5.74, 6) is 0.626. The van der Waals surface area contributed by atoms with E-state index < -0.39 is 0 Å². The molecule has 1 N–H and O–H groups in total. The monoisotopic (exact) mass is 371 g/mol. The molecule has 2 aromatic rings. The SMILES string of the molecule is COc1ccc(/C=C2\SC(=O)N(CCOc3ccccc3)C2=O)cc1O. The Morgan fingerprint density at radius 2 is 1.92 bits per heavy atom. The highest BCUT2D eigenvalue weighted by molar-refractivity contribution is 8.18. The molecule has 0 spiro atoms. The van der Waals surface area contributed by atoms with Crippen LogP contribution in [0.4, 0.5) is 4.79 Å². The molecule has 0 radical (unpaired) electrons. The summed E-state index contributed by atoms with van der Waals surface area (Å²) in [4.78, 5) is 26.0. The molecule has 0 atom stereocenters. The number of hydrogen-bond donors (Lipinski definition) is 1. The molecule has 1 heterocycles. The second-order valence-electron chi connectivity index (χ2n) is 5.43. The van der Waals surface area contributed by atoms with E-state index in [2.05, 4.69) is 0 Å². The van der Waals surface area contributed by atoms with Gasteiger partial charge >= 0.3 is 0 Å². The van der Waals surface area contributed by atoms with Gasteiger partial charge in [-0.3, -0.25) is 14.5 Å². The van der Waals surface area contributed by atoms with Gasteiger partial charge in [-0.25, -0.2) is 0 Å². The van der Waals surface area contributed by atoms with Crippen LogP contribution in [0.15, 0.2) is 53.4 Å². The van der Waals surface area contributed by atoms with Crippen molar-refractivity contribution in [3.8, 4) is 17.2 Å². The number of rotatable bonds is 6. The highest BCUT2D eigenvalue weighted by atomic mass is 32.2. The van der Waals surface area contributed by atoms with Gasteiger partial charge in [0.15, 0.2) is 11.5 Å². The summed E-state index contributed by atoms with van der Waals surface area (Å²) >= 11 is 0.869. The quantitative estimate of drug-likeness (QED) is 0.783. The highest BCUT2D eigenvalue weighted by Gasteiger charge is 2.34. The summed E-state index contributed by atoms with van der Waals surface area (Å²) in [6, 6.07) is 14.0. The maximum atomic E-state index is 12.4. The third-order valence-corrected chi connectivity index (χ3v) is 4.61. The van der Waals surface area contributed by atoms with E-state index >= 15 is 0 Å². The van der Waals surface area contributed by atoms with Gasteiger partial charge in [-0.1, -0.05) is 24.3 Å². The van der Waals surface area contributed by atoms with Crippen LogP contribution < -0.4 is 9.47 Å². The van der Waals surface area contributed by atoms with Crippen LogP contribution in [0.1, 0.15) is 5.56 Å². The lowest BCUT2D eigenvalue weighted by Crippen LogP contribution is -2.32. The minimum Gasteiger partial charge on any atom is -0.504 e. The van der Waals surface area contributed by atoms with Crippen molar-refractivity contribution >= 4 is 29.0 Å². The van der Waals surface area contributed by atoms with Crippen LogP contribution >= 0.6 is 11.8 Å². The maximum absolute atomic E-state index is 12.4. The molecule has 0 unspecified atom stereocenters. The van der Waals surface area contributed by atoms with Crippen LogP contribution in [0.3, 0.4) is 0 Å². The van der Waals surface area contributed by atoms with E-state index in [0.717, 1.165) is 16.7 Å². The molecule has 1 aliphatic rings. The maximum Gasteiger partial charge on any atom is 0.293 e. The Kier molecular flexibility index (Phi) is 5.48. The largest absolute Gasteiger partial charge is 0.504 e. The fourth-order valence-electron chi connectivity index (χ4n) is 2.41. The van der Waals surface area contributed by atoms with Gasteiger partial charge in [-0.05, 0) is 47.7 Å². The topological polar surface area (TPSA) is 76.1 Å². The van der Waals surface area contributed by atoms with Crippen LogP contribution in [-0.4, -0.2) is 41.4 Å². The summed E-state index contributed by atoms with van der Waals surface area (Å²) < 4.78 is 10.5. The van der Waals surface area contributed by atoms with Gasteiger partial charge in [-0.2, -0.15) is 0 Å². The van der Waals surface area contributed by atoms with Crippen LogP contribution in [0.5, 0.6) is 17.2 Å². The summed E-state index contributed by atoms with van der Waals surface area (Å²) in [7, 11) is 1.46. The molecule has 6 nitrogen and oxygen atoms in total. The first-order valence-corrected chi connectivity index (χ1v) is 8.70. The Morgan fingerprint density at radius 3 is 2.62 bits per heavy atom. The van der Waals surface area contributed by atoms with Crippen molar-refractivity contribution in [1.82, 2.24) is 4.90 Å². The van der Waals surface area contributed by atoms with Crippen LogP contribution in [0.25, 0.3) is 6.08 Å². The van der Waals surface area contributed by atoms with Crippen LogP contribution in [0.2, 0.25) is 0 Å². The molecule has 1 saturated heterocycles. The van der Waals surface area contributed by atoms with Crippen molar-refractivity contribution in [3.05, 3.63) is 59.0 Å². The van der Waals surface area contributed by atoms with E-state index in [1.54, 1.807) is 18.2 Å². The van der Waals surface area contributed by atoms with E-state index in [0.29, 0.717) is 22.0 Å². The summed E-state index contributed by atoms with van der Waals surface area (Å²) in [5, 5.41) is 9.48. The number of para-hydroxylation sites is 1. The Balaban J connectivity index is 1.65. The molecule has 134 valence electrons. The Morgan fingerprint density at radius 1 is 1.15 bits per heavy atom. The number of hydrogen-bond acceptors (Lipinski definition) is 6. The standard InChI is InChI=1S/C19H17NO5S/c1-24-16-8-7-13(11-15(16)21)12-17-18(22)20(19(23)26-17)9-10-25-14-5-3-2-4-6-14/h2-8,11-12,21H,9-10H2,1H3/b17-12-. The number of phenols is 1. The van der Waals surface area contributed by atoms with Gasteiger partial charge in [0.05, 0.1) is 18.6 Å². The third kappa shape index (κ3) is 4.00. The molecular formula is C19H17NO5S. The van der Waals surface area contributed by atoms with Crippen molar-refractivity contribution in [2.45, 2.75) is 0 Å². The smallest absolute Gasteiger partial charge is 0.293 e. The second-order valence-corrected chi connectivity index (χ2v) is 6.42. The highest BCUT2D eigenvalue weighted by Crippen LogP contribution is 2.34. The predicted molar refractivity (Wildman–Crippen MR) is 99.3 cm³/mol. The van der Waals surface area contributed by atoms with Gasteiger partial charge < -0.3 is 14.6 Å². The van der Waals surface area contributed by atoms with Crippen molar-refractivity contribution in [3.63, 3.8) is 0 Å². The lowest BCUT2D eigenvalue weighted by molar-refractivity contribution is -0.123. The van der Waals surface area contributed by atoms with Crippen molar-refractivity contribution < 1.29 is 24.2 Å². The van der Waals surface area contributed by atoms with Gasteiger partial charge in [0.2, 0.25) is 0 Å². The molecule has 1 aliphatic heterocycles. The Bertz CT molecular complexity index is 850. The number of carbonyl (C=O) groups is 2. The van der Waals surface area contributed by atoms with Gasteiger partial charge in [0, 0.05) is 0 Å². The average Bonchev–Trinajstić information content (AvgIpc) is 2.90. The molecule has 0 bridgehead atoms. The molecule has 0 aliphatic carbocycles. The van der Waals surface area contributed by atoms with E-state index in [1.165, 1.54) is 13.2 Å². The molecule has 0 saturated carbocycles. The number of nitrogens with zero attached hydrogens (tertiary/aromatic N) is 1. The summed E-state index contributed by atoms with van der Waals surface area (Å²) in [6.07, 6.45) is 1.57. The molecule has 2 amide bonds. The molecule has 7 heteroatoms. The molecule has 26 heavy (non-hydrogen) atoms. The van der Waals surface area contributed by atoms with Gasteiger partial charge in [0.1, 0.15) is 12.4 Å². The Labute approximate surface area is 155 Å². The first kappa shape index (κ1) is 17.9. The zero-order valence-corrected chi connectivity index (χ0v) is 14.9. The number of benzene rings is 2. The number of phenolic OH excluding ortho intramolecular Hbond substituents is 1. The summed E-state index contributed by atoms with van der Waals surface area (Å²) in [5.41, 5.74) is 0.606. The third-order valence-electron chi connectivity index (χ3n) is 3.70. The van der Waals surface area contributed by atoms with Crippen LogP contribution in [0, 0.1) is 0 Å². The van der Waals surface area contributed by atoms with Crippen LogP contribution in [-0.2, 0) is 4.79 Å². The first-order valence-electron chi connectivity index (χ1n) is 7.88. The van der Waals surface area contributed by atoms with Gasteiger partial charge in [-0.15, -0.1) is 0 Å². The number of ether oxygens (including phenoxy) is 2. The van der Waals surface area contributed by atoms with Crippen molar-refractivity contribution in [2.24, 2.45) is 0 Å². The summed E-state index contributed by atoms with van der Waals surface area (Å²) in [6.45, 7) is 0.392. The lowest BCUT2D eigenvalue weighted by atomic mass is 10.2. The van der Waals surface area contributed by atoms with Crippen molar-refractivity contribution in [1.29, 1.82) is 0 Å². The van der Waals surface area contributed by atoms with E-state index in [9.17, 15) is 14.7 Å². The molecular weight excluding hydrogens is 354 g/mol.